The van der Waals surface area contributed by atoms with Gasteiger partial charge in [0.25, 0.3) is 0 Å². The quantitative estimate of drug-likeness (QED) is 0.565. The molecule has 1 spiro atoms. The van der Waals surface area contributed by atoms with E-state index in [-0.39, 0.29) is 11.2 Å². The fourth-order valence-corrected chi connectivity index (χ4v) is 3.79. The minimum absolute atomic E-state index is 0.119. The van der Waals surface area contributed by atoms with Crippen molar-refractivity contribution in [3.63, 3.8) is 0 Å². The molecule has 2 heterocycles. The van der Waals surface area contributed by atoms with Crippen molar-refractivity contribution in [3.05, 3.63) is 23.8 Å². The second-order valence-corrected chi connectivity index (χ2v) is 7.37. The van der Waals surface area contributed by atoms with Crippen molar-refractivity contribution in [1.29, 1.82) is 0 Å². The molecule has 156 valence electrons. The molecule has 2 saturated heterocycles. The summed E-state index contributed by atoms with van der Waals surface area (Å²) in [6.45, 7) is 3.39. The highest BCUT2D eigenvalue weighted by atomic mass is 19.3. The van der Waals surface area contributed by atoms with Gasteiger partial charge in [-0.2, -0.15) is 8.78 Å². The van der Waals surface area contributed by atoms with Gasteiger partial charge in [0.05, 0.1) is 13.2 Å². The highest BCUT2D eigenvalue weighted by Gasteiger charge is 2.42. The summed E-state index contributed by atoms with van der Waals surface area (Å²) in [5.41, 5.74) is 0.850. The third kappa shape index (κ3) is 5.04. The molecule has 2 fully saturated rings. The maximum absolute atomic E-state index is 12.8. The molecule has 1 aromatic rings. The number of aliphatic imine (C=N–C) groups is 1. The van der Waals surface area contributed by atoms with Crippen LogP contribution in [0.1, 0.15) is 31.7 Å². The fraction of sp³-hybridized carbons (Fsp3) is 0.650. The number of nitrogens with one attached hydrogen (secondary N) is 1. The Morgan fingerprint density at radius 2 is 2.25 bits per heavy atom. The Kier molecular flexibility index (Phi) is 6.93. The van der Waals surface area contributed by atoms with E-state index >= 15 is 0 Å². The number of ether oxygens (including phenoxy) is 3. The minimum Gasteiger partial charge on any atom is -0.493 e. The van der Waals surface area contributed by atoms with Crippen LogP contribution in [0.4, 0.5) is 8.78 Å². The van der Waals surface area contributed by atoms with Crippen LogP contribution in [0, 0.1) is 5.41 Å². The van der Waals surface area contributed by atoms with Gasteiger partial charge in [-0.15, -0.1) is 0 Å². The number of hydrogen-bond acceptors (Lipinski definition) is 4. The van der Waals surface area contributed by atoms with E-state index in [0.29, 0.717) is 24.5 Å². The Morgan fingerprint density at radius 3 is 2.93 bits per heavy atom. The van der Waals surface area contributed by atoms with Crippen molar-refractivity contribution in [3.8, 4) is 11.5 Å². The average Bonchev–Trinajstić information content (AvgIpc) is 3.31. The van der Waals surface area contributed by atoms with Gasteiger partial charge < -0.3 is 24.4 Å². The summed E-state index contributed by atoms with van der Waals surface area (Å²) in [5, 5.41) is 3.28. The van der Waals surface area contributed by atoms with Gasteiger partial charge in [-0.05, 0) is 31.4 Å². The molecule has 2 aliphatic rings. The van der Waals surface area contributed by atoms with Crippen LogP contribution >= 0.6 is 0 Å². The molecule has 0 bridgehead atoms. The van der Waals surface area contributed by atoms with Crippen molar-refractivity contribution in [1.82, 2.24) is 10.2 Å². The number of alkyl halides is 2. The monoisotopic (exact) mass is 397 g/mol. The smallest absolute Gasteiger partial charge is 0.387 e. The molecule has 2 aliphatic heterocycles. The molecule has 1 N–H and O–H groups in total. The standard InChI is InChI=1S/C20H29F2N3O3/c1-3-9-27-16-5-4-15(17(11-16)28-18(21)22)12-24-19(23-2)25-8-6-20(13-25)7-10-26-14-20/h4-5,11,18H,3,6-10,12-14H2,1-2H3,(H,23,24). The van der Waals surface area contributed by atoms with E-state index in [0.717, 1.165) is 51.5 Å². The first kappa shape index (κ1) is 20.6. The van der Waals surface area contributed by atoms with Gasteiger partial charge in [-0.3, -0.25) is 4.99 Å². The molecule has 0 aromatic heterocycles. The highest BCUT2D eigenvalue weighted by Crippen LogP contribution is 2.38. The molecule has 1 atom stereocenters. The van der Waals surface area contributed by atoms with Crippen LogP contribution in [0.3, 0.4) is 0 Å². The van der Waals surface area contributed by atoms with Crippen LogP contribution in [-0.4, -0.2) is 57.4 Å². The van der Waals surface area contributed by atoms with Gasteiger partial charge in [-0.1, -0.05) is 6.92 Å². The van der Waals surface area contributed by atoms with Crippen molar-refractivity contribution >= 4 is 5.96 Å². The van der Waals surface area contributed by atoms with Crippen LogP contribution < -0.4 is 14.8 Å². The summed E-state index contributed by atoms with van der Waals surface area (Å²) >= 11 is 0. The molecule has 0 amide bonds. The number of guanidine groups is 1. The van der Waals surface area contributed by atoms with Gasteiger partial charge in [0.15, 0.2) is 5.96 Å². The molecule has 0 radical (unpaired) electrons. The Morgan fingerprint density at radius 1 is 1.39 bits per heavy atom. The van der Waals surface area contributed by atoms with Crippen LogP contribution in [0.5, 0.6) is 11.5 Å². The zero-order valence-corrected chi connectivity index (χ0v) is 16.5. The van der Waals surface area contributed by atoms with Crippen molar-refractivity contribution in [2.45, 2.75) is 39.3 Å². The zero-order chi connectivity index (χ0) is 20.0. The summed E-state index contributed by atoms with van der Waals surface area (Å²) < 4.78 is 41.5. The second-order valence-electron chi connectivity index (χ2n) is 7.37. The van der Waals surface area contributed by atoms with Gasteiger partial charge in [0.1, 0.15) is 11.5 Å². The van der Waals surface area contributed by atoms with Crippen molar-refractivity contribution in [2.24, 2.45) is 10.4 Å². The normalized spacial score (nSPS) is 22.3. The van der Waals surface area contributed by atoms with Crippen molar-refractivity contribution < 1.29 is 23.0 Å². The maximum Gasteiger partial charge on any atom is 0.387 e. The zero-order valence-electron chi connectivity index (χ0n) is 16.5. The Bertz CT molecular complexity index is 679. The minimum atomic E-state index is -2.89. The first-order valence-corrected chi connectivity index (χ1v) is 9.79. The summed E-state index contributed by atoms with van der Waals surface area (Å²) in [7, 11) is 1.73. The SMILES string of the molecule is CCCOc1ccc(CNC(=NC)N2CCC3(CCOC3)C2)c(OC(F)F)c1. The van der Waals surface area contributed by atoms with E-state index in [1.54, 1.807) is 19.2 Å². The first-order chi connectivity index (χ1) is 13.5. The average molecular weight is 397 g/mol. The van der Waals surface area contributed by atoms with Crippen LogP contribution in [0.2, 0.25) is 0 Å². The van der Waals surface area contributed by atoms with Gasteiger partial charge in [0, 0.05) is 50.3 Å². The molecule has 8 heteroatoms. The summed E-state index contributed by atoms with van der Waals surface area (Å²) in [6.07, 6.45) is 3.00. The number of rotatable bonds is 7. The molecular formula is C20H29F2N3O3. The lowest BCUT2D eigenvalue weighted by Crippen LogP contribution is -2.41. The number of benzene rings is 1. The maximum atomic E-state index is 12.8. The lowest BCUT2D eigenvalue weighted by molar-refractivity contribution is -0.0505. The highest BCUT2D eigenvalue weighted by molar-refractivity contribution is 5.80. The Hall–Kier alpha value is -2.09. The molecular weight excluding hydrogens is 368 g/mol. The third-order valence-corrected chi connectivity index (χ3v) is 5.30. The van der Waals surface area contributed by atoms with Crippen LogP contribution in [0.25, 0.3) is 0 Å². The van der Waals surface area contributed by atoms with E-state index in [2.05, 4.69) is 15.2 Å². The molecule has 3 rings (SSSR count). The molecule has 1 aromatic carbocycles. The van der Waals surface area contributed by atoms with Crippen molar-refractivity contribution in [2.75, 3.05) is 40.0 Å². The molecule has 28 heavy (non-hydrogen) atoms. The lowest BCUT2D eigenvalue weighted by Gasteiger charge is -2.25. The largest absolute Gasteiger partial charge is 0.493 e. The van der Waals surface area contributed by atoms with Crippen LogP contribution in [-0.2, 0) is 11.3 Å². The van der Waals surface area contributed by atoms with E-state index in [1.165, 1.54) is 6.07 Å². The van der Waals surface area contributed by atoms with E-state index < -0.39 is 6.61 Å². The van der Waals surface area contributed by atoms with Gasteiger partial charge in [0.2, 0.25) is 0 Å². The molecule has 6 nitrogen and oxygen atoms in total. The summed E-state index contributed by atoms with van der Waals surface area (Å²) in [6, 6.07) is 5.04. The van der Waals surface area contributed by atoms with E-state index in [4.69, 9.17) is 14.2 Å². The van der Waals surface area contributed by atoms with Crippen LogP contribution in [0.15, 0.2) is 23.2 Å². The Labute approximate surface area is 164 Å². The number of halogens is 2. The fourth-order valence-electron chi connectivity index (χ4n) is 3.79. The third-order valence-electron chi connectivity index (χ3n) is 5.30. The predicted octanol–water partition coefficient (Wildman–Crippen LogP) is 3.26. The predicted molar refractivity (Wildman–Crippen MR) is 103 cm³/mol. The van der Waals surface area contributed by atoms with E-state index in [1.807, 2.05) is 6.92 Å². The van der Waals surface area contributed by atoms with Gasteiger partial charge >= 0.3 is 6.61 Å². The Balaban J connectivity index is 1.64. The summed E-state index contributed by atoms with van der Waals surface area (Å²) in [4.78, 5) is 6.57. The topological polar surface area (TPSA) is 55.3 Å². The molecule has 1 unspecified atom stereocenters. The molecule has 0 aliphatic carbocycles. The number of nitrogens with zero attached hydrogens (tertiary/aromatic N) is 2. The van der Waals surface area contributed by atoms with E-state index in [9.17, 15) is 8.78 Å². The summed E-state index contributed by atoms with van der Waals surface area (Å²) in [5.74, 6) is 1.40. The number of hydrogen-bond donors (Lipinski definition) is 1. The lowest BCUT2D eigenvalue weighted by atomic mass is 9.87. The second kappa shape index (κ2) is 9.41. The molecule has 0 saturated carbocycles. The van der Waals surface area contributed by atoms with Gasteiger partial charge in [-0.25, -0.2) is 0 Å². The number of likely N-dealkylation sites (tertiary alicyclic amines) is 1. The first-order valence-electron chi connectivity index (χ1n) is 9.79.